The van der Waals surface area contributed by atoms with Crippen molar-refractivity contribution in [2.24, 2.45) is 11.8 Å². The molecule has 3 aliphatic rings. The number of rotatable bonds is 4. The van der Waals surface area contributed by atoms with E-state index in [1.54, 1.807) is 21.9 Å². The largest absolute Gasteiger partial charge is 0.341 e. The van der Waals surface area contributed by atoms with E-state index in [1.807, 2.05) is 32.9 Å². The zero-order valence-electron chi connectivity index (χ0n) is 24.3. The van der Waals surface area contributed by atoms with Gasteiger partial charge in [-0.2, -0.15) is 0 Å². The van der Waals surface area contributed by atoms with Gasteiger partial charge in [0.2, 0.25) is 17.7 Å². The van der Waals surface area contributed by atoms with Crippen LogP contribution >= 0.6 is 11.6 Å². The maximum Gasteiger partial charge on any atom is 0.249 e. The van der Waals surface area contributed by atoms with Gasteiger partial charge in [0.05, 0.1) is 12.0 Å². The maximum atomic E-state index is 15.0. The lowest BCUT2D eigenvalue weighted by Crippen LogP contribution is -2.52. The van der Waals surface area contributed by atoms with Crippen molar-refractivity contribution in [3.8, 4) is 0 Å². The fraction of sp³-hybridized carbons (Fsp3) is 0.562. The first kappa shape index (κ1) is 30.8. The van der Waals surface area contributed by atoms with E-state index in [9.17, 15) is 27.2 Å². The topological polar surface area (TPSA) is 43.9 Å². The Labute approximate surface area is 249 Å². The average Bonchev–Trinajstić information content (AvgIpc) is 3.33. The maximum absolute atomic E-state index is 15.0. The van der Waals surface area contributed by atoms with Gasteiger partial charge < -0.3 is 9.80 Å². The molecule has 0 bridgehead atoms. The summed E-state index contributed by atoms with van der Waals surface area (Å²) in [5, 5.41) is 0.561. The Hall–Kier alpha value is -2.65. The van der Waals surface area contributed by atoms with Gasteiger partial charge in [-0.3, -0.25) is 14.5 Å². The number of hydrogen-bond acceptors (Lipinski definition) is 3. The minimum Gasteiger partial charge on any atom is -0.341 e. The Balaban J connectivity index is 1.39. The van der Waals surface area contributed by atoms with Crippen LogP contribution in [0.4, 0.5) is 17.6 Å². The average molecular weight is 608 g/mol. The Morgan fingerprint density at radius 2 is 1.62 bits per heavy atom. The fourth-order valence-corrected chi connectivity index (χ4v) is 6.79. The van der Waals surface area contributed by atoms with Crippen LogP contribution in [0.1, 0.15) is 69.5 Å². The number of carbonyl (C=O) groups is 2. The quantitative estimate of drug-likeness (QED) is 0.365. The number of nitrogens with zero attached hydrogens (tertiary/aromatic N) is 3. The van der Waals surface area contributed by atoms with E-state index in [0.717, 1.165) is 11.6 Å². The minimum absolute atomic E-state index is 0.136. The van der Waals surface area contributed by atoms with Crippen LogP contribution < -0.4 is 0 Å². The molecule has 2 heterocycles. The van der Waals surface area contributed by atoms with E-state index in [-0.39, 0.29) is 36.5 Å². The van der Waals surface area contributed by atoms with Crippen LogP contribution in [0.25, 0.3) is 0 Å². The summed E-state index contributed by atoms with van der Waals surface area (Å²) in [7, 11) is 0. The van der Waals surface area contributed by atoms with Crippen molar-refractivity contribution in [3.63, 3.8) is 0 Å². The number of amides is 2. The molecule has 2 aromatic carbocycles. The summed E-state index contributed by atoms with van der Waals surface area (Å²) in [4.78, 5) is 33.2. The summed E-state index contributed by atoms with van der Waals surface area (Å²) < 4.78 is 56.1. The molecule has 10 heteroatoms. The molecule has 0 unspecified atom stereocenters. The molecule has 2 saturated heterocycles. The molecule has 0 spiro atoms. The lowest BCUT2D eigenvalue weighted by molar-refractivity contribution is -0.163. The van der Waals surface area contributed by atoms with Crippen LogP contribution in [0.3, 0.4) is 0 Å². The van der Waals surface area contributed by atoms with Crippen molar-refractivity contribution >= 4 is 23.4 Å². The fourth-order valence-electron chi connectivity index (χ4n) is 6.67. The normalized spacial score (nSPS) is 25.6. The first-order valence-corrected chi connectivity index (χ1v) is 15.0. The van der Waals surface area contributed by atoms with Gasteiger partial charge in [-0.1, -0.05) is 29.8 Å². The molecule has 3 atom stereocenters. The van der Waals surface area contributed by atoms with E-state index in [0.29, 0.717) is 43.1 Å². The minimum atomic E-state index is -2.83. The Morgan fingerprint density at radius 3 is 2.24 bits per heavy atom. The van der Waals surface area contributed by atoms with Crippen LogP contribution in [-0.4, -0.2) is 70.7 Å². The highest BCUT2D eigenvalue weighted by molar-refractivity contribution is 6.30. The smallest absolute Gasteiger partial charge is 0.249 e. The third kappa shape index (κ3) is 6.47. The van der Waals surface area contributed by atoms with Crippen molar-refractivity contribution in [2.45, 2.75) is 69.9 Å². The summed E-state index contributed by atoms with van der Waals surface area (Å²) >= 11 is 6.10. The highest BCUT2D eigenvalue weighted by atomic mass is 35.5. The highest BCUT2D eigenvalue weighted by Crippen LogP contribution is 2.45. The highest BCUT2D eigenvalue weighted by Gasteiger charge is 2.51. The first-order valence-electron chi connectivity index (χ1n) is 14.7. The molecule has 1 saturated carbocycles. The zero-order valence-corrected chi connectivity index (χ0v) is 25.0. The first-order chi connectivity index (χ1) is 19.7. The Kier molecular flexibility index (Phi) is 8.65. The number of benzene rings is 2. The van der Waals surface area contributed by atoms with Gasteiger partial charge in [-0.25, -0.2) is 17.6 Å². The molecule has 2 aromatic rings. The molecule has 3 fully saturated rings. The molecule has 0 radical (unpaired) electrons. The molecule has 2 amide bonds. The van der Waals surface area contributed by atoms with Crippen LogP contribution in [0.2, 0.25) is 5.02 Å². The molecule has 0 aromatic heterocycles. The molecule has 1 aliphatic carbocycles. The monoisotopic (exact) mass is 607 g/mol. The van der Waals surface area contributed by atoms with Gasteiger partial charge in [-0.05, 0) is 62.9 Å². The zero-order chi connectivity index (χ0) is 30.4. The molecular weight excluding hydrogens is 570 g/mol. The molecule has 228 valence electrons. The number of likely N-dealkylation sites (tertiary alicyclic amines) is 1. The van der Waals surface area contributed by atoms with Crippen LogP contribution in [0.5, 0.6) is 0 Å². The van der Waals surface area contributed by atoms with Gasteiger partial charge in [0.15, 0.2) is 0 Å². The number of hydrogen-bond donors (Lipinski definition) is 0. The molecular formula is C32H38ClF4N3O2. The molecule has 5 nitrogen and oxygen atoms in total. The number of halogens is 5. The van der Waals surface area contributed by atoms with E-state index in [2.05, 4.69) is 4.90 Å². The van der Waals surface area contributed by atoms with Crippen LogP contribution in [0, 0.1) is 23.5 Å². The van der Waals surface area contributed by atoms with Crippen molar-refractivity contribution < 1.29 is 27.2 Å². The van der Waals surface area contributed by atoms with Gasteiger partial charge >= 0.3 is 0 Å². The third-order valence-corrected chi connectivity index (χ3v) is 9.38. The van der Waals surface area contributed by atoms with E-state index in [1.165, 1.54) is 12.1 Å². The third-order valence-electron chi connectivity index (χ3n) is 9.13. The van der Waals surface area contributed by atoms with Crippen LogP contribution in [-0.2, 0) is 9.59 Å². The second-order valence-corrected chi connectivity index (χ2v) is 13.4. The molecule has 42 heavy (non-hydrogen) atoms. The van der Waals surface area contributed by atoms with E-state index < -0.39 is 48.2 Å². The summed E-state index contributed by atoms with van der Waals surface area (Å²) in [6.07, 6.45) is 0.214. The molecule has 5 rings (SSSR count). The molecule has 0 N–H and O–H groups in total. The summed E-state index contributed by atoms with van der Waals surface area (Å²) in [6, 6.07) is 10.4. The number of alkyl halides is 2. The predicted octanol–water partition coefficient (Wildman–Crippen LogP) is 6.67. The van der Waals surface area contributed by atoms with Gasteiger partial charge in [0.1, 0.15) is 11.6 Å². The van der Waals surface area contributed by atoms with E-state index >= 15 is 0 Å². The summed E-state index contributed by atoms with van der Waals surface area (Å²) in [5.74, 6) is -6.38. The van der Waals surface area contributed by atoms with Crippen molar-refractivity contribution in [1.29, 1.82) is 0 Å². The molecule has 2 aliphatic heterocycles. The number of carbonyl (C=O) groups excluding carboxylic acids is 2. The Bertz CT molecular complexity index is 1310. The summed E-state index contributed by atoms with van der Waals surface area (Å²) in [6.45, 7) is 7.89. The Morgan fingerprint density at radius 1 is 0.929 bits per heavy atom. The lowest BCUT2D eigenvalue weighted by atomic mass is 9.79. The van der Waals surface area contributed by atoms with Crippen molar-refractivity contribution in [2.75, 3.05) is 32.7 Å². The summed E-state index contributed by atoms with van der Waals surface area (Å²) in [5.41, 5.74) is 0.932. The van der Waals surface area contributed by atoms with Crippen molar-refractivity contribution in [1.82, 2.24) is 14.7 Å². The van der Waals surface area contributed by atoms with E-state index in [4.69, 9.17) is 11.6 Å². The second-order valence-electron chi connectivity index (χ2n) is 13.0. The lowest BCUT2D eigenvalue weighted by Gasteiger charge is -2.43. The van der Waals surface area contributed by atoms with Crippen LogP contribution in [0.15, 0.2) is 42.5 Å². The van der Waals surface area contributed by atoms with Gasteiger partial charge in [0, 0.05) is 74.0 Å². The predicted molar refractivity (Wildman–Crippen MR) is 153 cm³/mol. The standard InChI is InChI=1S/C32H38ClF4N3O2/c1-31(2,3)39-18-25(24-11-10-23(34)15-27(24)35)26(19-39)30(42)38-12-4-5-28(20-6-8-22(33)9-7-20)40(14-13-38)29(41)21-16-32(36,37)17-21/h6-11,15,21,25-26,28H,4-5,12-14,16-19H2,1-3H3/t25-,26+,28-/m0/s1. The van der Waals surface area contributed by atoms with Gasteiger partial charge in [0.25, 0.3) is 0 Å². The SMILES string of the molecule is CC(C)(C)N1C[C@@H](C(=O)N2CCC[C@@H](c3ccc(Cl)cc3)N(C(=O)C3CC(F)(F)C3)CC2)[C@H](c2ccc(F)cc2F)C1. The van der Waals surface area contributed by atoms with Crippen molar-refractivity contribution in [3.05, 3.63) is 70.2 Å². The van der Waals surface area contributed by atoms with Gasteiger partial charge in [-0.15, -0.1) is 0 Å². The second kappa shape index (κ2) is 11.8.